The summed E-state index contributed by atoms with van der Waals surface area (Å²) in [6, 6.07) is 0. The second kappa shape index (κ2) is 7.92. The average Bonchev–Trinajstić information content (AvgIpc) is 2.31. The van der Waals surface area contributed by atoms with Crippen LogP contribution in [0.3, 0.4) is 0 Å². The molecule has 6 nitrogen and oxygen atoms in total. The van der Waals surface area contributed by atoms with E-state index in [2.05, 4.69) is 10.1 Å². The van der Waals surface area contributed by atoms with E-state index in [1.165, 1.54) is 6.92 Å². The number of alkyl carbamates (subject to hydrolysis) is 1. The third-order valence-electron chi connectivity index (χ3n) is 2.50. The van der Waals surface area contributed by atoms with E-state index in [9.17, 15) is 9.59 Å². The number of ether oxygens (including phenoxy) is 2. The number of hydrogen-bond acceptors (Lipinski definition) is 5. The summed E-state index contributed by atoms with van der Waals surface area (Å²) >= 11 is 0. The van der Waals surface area contributed by atoms with Crippen molar-refractivity contribution < 1.29 is 24.2 Å². The Balaban J connectivity index is 3.68. The predicted octanol–water partition coefficient (Wildman–Crippen LogP) is 1.07. The molecule has 0 saturated carbocycles. The topological polar surface area (TPSA) is 84.9 Å². The van der Waals surface area contributed by atoms with E-state index in [1.54, 1.807) is 13.8 Å². The SMILES string of the molecule is CCC(C)(C)C(=O)OCCNC(=O)OCC(C)O. The molecule has 0 fully saturated rings. The van der Waals surface area contributed by atoms with Crippen LogP contribution in [0.25, 0.3) is 0 Å². The number of rotatable bonds is 7. The van der Waals surface area contributed by atoms with Gasteiger partial charge in [0.05, 0.1) is 18.1 Å². The van der Waals surface area contributed by atoms with Gasteiger partial charge in [0, 0.05) is 0 Å². The molecule has 0 aliphatic rings. The third kappa shape index (κ3) is 7.11. The molecule has 106 valence electrons. The maximum Gasteiger partial charge on any atom is 0.407 e. The third-order valence-corrected chi connectivity index (χ3v) is 2.50. The van der Waals surface area contributed by atoms with Gasteiger partial charge in [0.25, 0.3) is 0 Å². The lowest BCUT2D eigenvalue weighted by molar-refractivity contribution is -0.153. The molecule has 6 heteroatoms. The maximum atomic E-state index is 11.6. The number of hydrogen-bond donors (Lipinski definition) is 2. The summed E-state index contributed by atoms with van der Waals surface area (Å²) < 4.78 is 9.67. The van der Waals surface area contributed by atoms with Crippen molar-refractivity contribution in [2.24, 2.45) is 5.41 Å². The second-order valence-corrected chi connectivity index (χ2v) is 4.75. The highest BCUT2D eigenvalue weighted by molar-refractivity contribution is 5.75. The zero-order chi connectivity index (χ0) is 14.2. The molecule has 0 rings (SSSR count). The fourth-order valence-corrected chi connectivity index (χ4v) is 0.884. The van der Waals surface area contributed by atoms with Crippen LogP contribution in [0.4, 0.5) is 4.79 Å². The first-order valence-corrected chi connectivity index (χ1v) is 6.05. The minimum atomic E-state index is -0.695. The Morgan fingerprint density at radius 1 is 1.33 bits per heavy atom. The lowest BCUT2D eigenvalue weighted by atomic mass is 9.91. The van der Waals surface area contributed by atoms with Gasteiger partial charge < -0.3 is 19.9 Å². The molecule has 1 atom stereocenters. The van der Waals surface area contributed by atoms with Gasteiger partial charge in [-0.15, -0.1) is 0 Å². The van der Waals surface area contributed by atoms with Crippen molar-refractivity contribution in [2.75, 3.05) is 19.8 Å². The van der Waals surface area contributed by atoms with Gasteiger partial charge in [0.15, 0.2) is 0 Å². The van der Waals surface area contributed by atoms with Crippen LogP contribution >= 0.6 is 0 Å². The fraction of sp³-hybridized carbons (Fsp3) is 0.833. The summed E-state index contributed by atoms with van der Waals surface area (Å²) in [5.74, 6) is -0.288. The Morgan fingerprint density at radius 2 is 1.94 bits per heavy atom. The number of nitrogens with one attached hydrogen (secondary N) is 1. The first-order valence-electron chi connectivity index (χ1n) is 6.05. The molecule has 0 aromatic rings. The van der Waals surface area contributed by atoms with Crippen molar-refractivity contribution in [3.8, 4) is 0 Å². The molecule has 2 N–H and O–H groups in total. The van der Waals surface area contributed by atoms with E-state index >= 15 is 0 Å². The minimum Gasteiger partial charge on any atom is -0.463 e. The first-order chi connectivity index (χ1) is 8.29. The molecule has 0 aromatic heterocycles. The van der Waals surface area contributed by atoms with Crippen LogP contribution in [0.15, 0.2) is 0 Å². The van der Waals surface area contributed by atoms with Crippen LogP contribution in [0.2, 0.25) is 0 Å². The van der Waals surface area contributed by atoms with E-state index in [1.807, 2.05) is 6.92 Å². The Kier molecular flexibility index (Phi) is 7.35. The molecule has 0 aliphatic carbocycles. The molecule has 0 saturated heterocycles. The first kappa shape index (κ1) is 16.7. The molecule has 0 heterocycles. The van der Waals surface area contributed by atoms with Crippen molar-refractivity contribution >= 4 is 12.1 Å². The average molecular weight is 261 g/mol. The van der Waals surface area contributed by atoms with Crippen LogP contribution in [-0.4, -0.2) is 43.0 Å². The standard InChI is InChI=1S/C12H23NO5/c1-5-12(3,4)10(15)17-7-6-13-11(16)18-8-9(2)14/h9,14H,5-8H2,1-4H3,(H,13,16). The van der Waals surface area contributed by atoms with E-state index < -0.39 is 17.6 Å². The van der Waals surface area contributed by atoms with Crippen LogP contribution < -0.4 is 5.32 Å². The highest BCUT2D eigenvalue weighted by Crippen LogP contribution is 2.21. The van der Waals surface area contributed by atoms with Crippen molar-refractivity contribution in [1.29, 1.82) is 0 Å². The molecule has 0 bridgehead atoms. The van der Waals surface area contributed by atoms with Crippen LogP contribution in [0.1, 0.15) is 34.1 Å². The van der Waals surface area contributed by atoms with E-state index in [0.29, 0.717) is 6.42 Å². The Labute approximate surface area is 108 Å². The highest BCUT2D eigenvalue weighted by atomic mass is 16.6. The van der Waals surface area contributed by atoms with E-state index in [0.717, 1.165) is 0 Å². The van der Waals surface area contributed by atoms with Crippen molar-refractivity contribution in [2.45, 2.75) is 40.2 Å². The summed E-state index contributed by atoms with van der Waals surface area (Å²) in [5, 5.41) is 11.3. The number of carbonyl (C=O) groups is 2. The number of aliphatic hydroxyl groups is 1. The molecule has 0 radical (unpaired) electrons. The molecule has 18 heavy (non-hydrogen) atoms. The quantitative estimate of drug-likeness (QED) is 0.529. The summed E-state index contributed by atoms with van der Waals surface area (Å²) in [6.07, 6.45) is -0.643. The zero-order valence-corrected chi connectivity index (χ0v) is 11.5. The van der Waals surface area contributed by atoms with Gasteiger partial charge in [0.1, 0.15) is 13.2 Å². The molecule has 0 aromatic carbocycles. The normalized spacial score (nSPS) is 12.7. The number of carbonyl (C=O) groups excluding carboxylic acids is 2. The number of aliphatic hydroxyl groups excluding tert-OH is 1. The van der Waals surface area contributed by atoms with Crippen molar-refractivity contribution in [3.63, 3.8) is 0 Å². The van der Waals surface area contributed by atoms with Gasteiger partial charge in [-0.3, -0.25) is 4.79 Å². The molecule has 1 unspecified atom stereocenters. The van der Waals surface area contributed by atoms with Gasteiger partial charge in [0.2, 0.25) is 0 Å². The Morgan fingerprint density at radius 3 is 2.44 bits per heavy atom. The molecular formula is C12H23NO5. The fourth-order valence-electron chi connectivity index (χ4n) is 0.884. The summed E-state index contributed by atoms with van der Waals surface area (Å²) in [6.45, 7) is 7.26. The smallest absolute Gasteiger partial charge is 0.407 e. The van der Waals surface area contributed by atoms with E-state index in [-0.39, 0.29) is 25.7 Å². The van der Waals surface area contributed by atoms with Crippen LogP contribution in [0, 0.1) is 5.41 Å². The Hall–Kier alpha value is -1.30. The summed E-state index contributed by atoms with van der Waals surface area (Å²) in [4.78, 5) is 22.6. The Bertz CT molecular complexity index is 276. The van der Waals surface area contributed by atoms with Gasteiger partial charge in [-0.05, 0) is 27.2 Å². The predicted molar refractivity (Wildman–Crippen MR) is 66.1 cm³/mol. The molecule has 1 amide bonds. The lowest BCUT2D eigenvalue weighted by Gasteiger charge is -2.20. The summed E-state index contributed by atoms with van der Waals surface area (Å²) in [5.41, 5.74) is -0.507. The number of esters is 1. The molecule has 0 spiro atoms. The summed E-state index contributed by atoms with van der Waals surface area (Å²) in [7, 11) is 0. The zero-order valence-electron chi connectivity index (χ0n) is 11.5. The lowest BCUT2D eigenvalue weighted by Crippen LogP contribution is -2.32. The van der Waals surface area contributed by atoms with Gasteiger partial charge >= 0.3 is 12.1 Å². The van der Waals surface area contributed by atoms with Gasteiger partial charge in [-0.25, -0.2) is 4.79 Å². The number of amides is 1. The van der Waals surface area contributed by atoms with Gasteiger partial charge in [-0.2, -0.15) is 0 Å². The van der Waals surface area contributed by atoms with Crippen LogP contribution in [0.5, 0.6) is 0 Å². The van der Waals surface area contributed by atoms with Crippen molar-refractivity contribution in [3.05, 3.63) is 0 Å². The van der Waals surface area contributed by atoms with E-state index in [4.69, 9.17) is 9.84 Å². The second-order valence-electron chi connectivity index (χ2n) is 4.75. The molecular weight excluding hydrogens is 238 g/mol. The van der Waals surface area contributed by atoms with Crippen molar-refractivity contribution in [1.82, 2.24) is 5.32 Å². The monoisotopic (exact) mass is 261 g/mol. The van der Waals surface area contributed by atoms with Gasteiger partial charge in [-0.1, -0.05) is 6.92 Å². The largest absolute Gasteiger partial charge is 0.463 e. The van der Waals surface area contributed by atoms with Crippen LogP contribution in [-0.2, 0) is 14.3 Å². The maximum absolute atomic E-state index is 11.6. The minimum absolute atomic E-state index is 0.0610. The highest BCUT2D eigenvalue weighted by Gasteiger charge is 2.26. The molecule has 0 aliphatic heterocycles.